The smallest absolute Gasteiger partial charge is 0.410 e. The first-order valence-corrected chi connectivity index (χ1v) is 46.4. The van der Waals surface area contributed by atoms with Crippen LogP contribution in [-0.4, -0.2) is 282 Å². The van der Waals surface area contributed by atoms with Gasteiger partial charge in [0, 0.05) is 200 Å². The zero-order chi connectivity index (χ0) is 88.3. The van der Waals surface area contributed by atoms with Crippen molar-refractivity contribution in [2.24, 2.45) is 0 Å². The van der Waals surface area contributed by atoms with Gasteiger partial charge in [-0.3, -0.25) is 5.10 Å². The molecule has 34 nitrogen and oxygen atoms in total. The second-order valence-corrected chi connectivity index (χ2v) is 38.2. The molecule has 3 aromatic heterocycles. The van der Waals surface area contributed by atoms with Crippen molar-refractivity contribution in [2.45, 2.75) is 126 Å². The van der Waals surface area contributed by atoms with Crippen molar-refractivity contribution in [3.63, 3.8) is 0 Å². The molecule has 6 aromatic carbocycles. The number of aromatic nitrogens is 6. The van der Waals surface area contributed by atoms with E-state index >= 15 is 0 Å². The fourth-order valence-electron chi connectivity index (χ4n) is 15.2. The van der Waals surface area contributed by atoms with Crippen LogP contribution in [0.15, 0.2) is 142 Å². The molecule has 6 aliphatic rings. The van der Waals surface area contributed by atoms with Gasteiger partial charge in [-0.05, 0) is 191 Å². The first-order valence-electron chi connectivity index (χ1n) is 41.2. The Bertz CT molecular complexity index is 5630. The van der Waals surface area contributed by atoms with Crippen molar-refractivity contribution in [1.29, 1.82) is 0 Å². The Morgan fingerprint density at radius 2 is 0.758 bits per heavy atom. The van der Waals surface area contributed by atoms with E-state index < -0.39 is 58.2 Å². The number of nitrogens with zero attached hydrogens (tertiary/aromatic N) is 13. The summed E-state index contributed by atoms with van der Waals surface area (Å²) in [6, 6.07) is 36.7. The van der Waals surface area contributed by atoms with Crippen LogP contribution in [0.4, 0.5) is 43.7 Å². The SMILES string of the molecule is CCOC(=O)c1n[nH]c2cc(N3CCN(C(=O)OC(C)(C)C)CC3)ccc12.CCOC(=O)c1nn(S(=O)(=O)c2cccc(N3CCC(OC)C3)c2)c2cc(N3CCN(C(=O)OC(C)(C)C)CC3)ccc12.CCOC(=O)c1nn(S(=O)(=O)c2cccc(N3CCC(OC)C3)c2)c2cc(N3CCNCC3)ccc12.COC1CCN(c2cccc(S(=O)(=O)Cl)c2)C1.Cl. The number of hydrogen-bond donors (Lipinski definition) is 2. The summed E-state index contributed by atoms with van der Waals surface area (Å²) >= 11 is 0. The largest absolute Gasteiger partial charge is 0.461 e. The molecule has 124 heavy (non-hydrogen) atoms. The summed E-state index contributed by atoms with van der Waals surface area (Å²) in [6.45, 7) is 29.3. The predicted molar refractivity (Wildman–Crippen MR) is 476 cm³/mol. The molecule has 6 saturated heterocycles. The lowest BCUT2D eigenvalue weighted by molar-refractivity contribution is 0.0230. The van der Waals surface area contributed by atoms with Gasteiger partial charge >= 0.3 is 30.1 Å². The van der Waals surface area contributed by atoms with Crippen molar-refractivity contribution in [3.05, 3.63) is 144 Å². The number of hydrogen-bond acceptors (Lipinski definition) is 29. The number of carbonyl (C=O) groups excluding carboxylic acids is 5. The summed E-state index contributed by atoms with van der Waals surface area (Å²) in [6.07, 6.45) is 2.48. The van der Waals surface area contributed by atoms with Crippen LogP contribution in [0.25, 0.3) is 32.7 Å². The normalized spacial score (nSPS) is 17.8. The summed E-state index contributed by atoms with van der Waals surface area (Å²) < 4.78 is 123. The summed E-state index contributed by atoms with van der Waals surface area (Å²) in [5.41, 5.74) is 5.63. The van der Waals surface area contributed by atoms with E-state index in [-0.39, 0.29) is 87.7 Å². The fraction of sp³-hybridized carbons (Fsp3) is 0.482. The monoisotopic (exact) mass is 1810 g/mol. The number of halogens is 2. The Hall–Kier alpha value is -10.3. The number of aromatic amines is 1. The number of H-pyrrole nitrogens is 1. The molecular formula is C85H111Cl2N15O19S3. The van der Waals surface area contributed by atoms with Gasteiger partial charge in [0.1, 0.15) is 11.2 Å². The highest BCUT2D eigenvalue weighted by Gasteiger charge is 2.35. The highest BCUT2D eigenvalue weighted by molar-refractivity contribution is 8.13. The molecule has 0 aliphatic carbocycles. The topological polar surface area (TPSA) is 364 Å². The third kappa shape index (κ3) is 22.7. The average molecular weight is 1810 g/mol. The second kappa shape index (κ2) is 40.8. The van der Waals surface area contributed by atoms with E-state index in [1.165, 1.54) is 12.1 Å². The maximum absolute atomic E-state index is 14.1. The van der Waals surface area contributed by atoms with Crippen LogP contribution < -0.4 is 34.7 Å². The predicted octanol–water partition coefficient (Wildman–Crippen LogP) is 10.9. The number of fused-ring (bicyclic) bond motifs is 3. The Labute approximate surface area is 734 Å². The van der Waals surface area contributed by atoms with Gasteiger partial charge in [0.2, 0.25) is 0 Å². The molecule has 6 fully saturated rings. The van der Waals surface area contributed by atoms with Crippen LogP contribution in [0.5, 0.6) is 0 Å². The minimum Gasteiger partial charge on any atom is -0.461 e. The first-order chi connectivity index (χ1) is 58.6. The summed E-state index contributed by atoms with van der Waals surface area (Å²) in [5.74, 6) is -1.78. The minimum absolute atomic E-state index is 0. The lowest BCUT2D eigenvalue weighted by Crippen LogP contribution is -2.50. The van der Waals surface area contributed by atoms with E-state index in [9.17, 15) is 49.2 Å². The van der Waals surface area contributed by atoms with Crippen LogP contribution in [0.3, 0.4) is 0 Å². The van der Waals surface area contributed by atoms with Crippen molar-refractivity contribution in [1.82, 2.24) is 43.7 Å². The molecule has 6 aliphatic heterocycles. The van der Waals surface area contributed by atoms with Gasteiger partial charge in [-0.1, -0.05) is 18.2 Å². The molecule has 3 unspecified atom stereocenters. The van der Waals surface area contributed by atoms with Crippen LogP contribution in [0.1, 0.15) is 113 Å². The van der Waals surface area contributed by atoms with Gasteiger partial charge in [0.15, 0.2) is 17.1 Å². The lowest BCUT2D eigenvalue weighted by Gasteiger charge is -2.36. The van der Waals surface area contributed by atoms with E-state index in [1.54, 1.807) is 119 Å². The number of methoxy groups -OCH3 is 3. The molecule has 2 amide bonds. The highest BCUT2D eigenvalue weighted by Crippen LogP contribution is 2.36. The number of carbonyl (C=O) groups is 5. The molecule has 9 aromatic rings. The molecule has 3 atom stereocenters. The fourth-order valence-corrected chi connectivity index (χ4v) is 18.7. The van der Waals surface area contributed by atoms with Gasteiger partial charge in [-0.15, -0.1) is 22.6 Å². The molecule has 0 bridgehead atoms. The molecule has 0 spiro atoms. The number of ether oxygens (including phenoxy) is 8. The Morgan fingerprint density at radius 1 is 0.419 bits per heavy atom. The number of benzene rings is 6. The number of amides is 2. The number of anilines is 6. The van der Waals surface area contributed by atoms with Crippen LogP contribution in [0, 0.1) is 0 Å². The maximum atomic E-state index is 14.1. The van der Waals surface area contributed by atoms with E-state index in [2.05, 4.69) is 55.1 Å². The van der Waals surface area contributed by atoms with E-state index in [1.807, 2.05) is 90.1 Å². The van der Waals surface area contributed by atoms with Crippen LogP contribution in [0.2, 0.25) is 0 Å². The van der Waals surface area contributed by atoms with E-state index in [0.717, 1.165) is 125 Å². The third-order valence-electron chi connectivity index (χ3n) is 21.6. The standard InChI is InChI=1S/C30H39N5O7S.C25H31N5O5S.C19H26N4O4.C11H14ClNO3S.ClH/c1-6-41-28(36)27-25-11-10-22(32-14-16-33(17-15-32)29(37)42-30(2,3)4)19-26(25)35(31-27)43(38,39)24-9-7-8-21(18-24)34-13-12-23(20-34)40-5;1-3-35-25(31)24-22-8-7-19(28-13-10-26-11-14-28)16-23(22)30(27-24)36(32,33)21-6-4-5-18(15-21)29-12-9-20(17-29)34-2;1-5-26-17(24)16-14-7-6-13(12-15(14)20-21-16)22-8-10-23(11-9-22)18(25)27-19(2,3)4;1-16-10-5-6-13(8-10)9-3-2-4-11(7-9)17(12,14)15;/h7-11,18-19,23H,6,12-17,20H2,1-5H3;4-8,15-16,20,26H,3,9-14,17H2,1-2H3;6-7,12H,5,8-11H2,1-4H3,(H,20,21);2-4,7,10H,5-6,8H2,1H3;1H. The van der Waals surface area contributed by atoms with Gasteiger partial charge < -0.3 is 82.4 Å². The zero-order valence-corrected chi connectivity index (χ0v) is 75.9. The van der Waals surface area contributed by atoms with Gasteiger partial charge in [0.05, 0.1) is 69.4 Å². The van der Waals surface area contributed by atoms with Gasteiger partial charge in [-0.2, -0.15) is 30.1 Å². The van der Waals surface area contributed by atoms with E-state index in [4.69, 9.17) is 48.6 Å². The molecule has 15 rings (SSSR count). The van der Waals surface area contributed by atoms with Crippen LogP contribution in [-0.2, 0) is 67.0 Å². The number of piperazine rings is 3. The molecule has 2 N–H and O–H groups in total. The molecule has 9 heterocycles. The maximum Gasteiger partial charge on any atom is 0.410 e. The van der Waals surface area contributed by atoms with E-state index in [0.29, 0.717) is 94.0 Å². The number of rotatable bonds is 20. The molecule has 672 valence electrons. The molecule has 39 heteroatoms. The molecular weight excluding hydrogens is 1700 g/mol. The molecule has 0 radical (unpaired) electrons. The first kappa shape index (κ1) is 94.4. The lowest BCUT2D eigenvalue weighted by atomic mass is 10.1. The number of nitrogens with one attached hydrogen (secondary N) is 2. The number of esters is 3. The Kier molecular flexibility index (Phi) is 31.1. The zero-order valence-electron chi connectivity index (χ0n) is 71.9. The summed E-state index contributed by atoms with van der Waals surface area (Å²) in [4.78, 5) is 78.6. The van der Waals surface area contributed by atoms with Gasteiger partial charge in [-0.25, -0.2) is 32.4 Å². The summed E-state index contributed by atoms with van der Waals surface area (Å²) in [5, 5.41) is 20.4. The Balaban J connectivity index is 0.000000168. The van der Waals surface area contributed by atoms with Crippen molar-refractivity contribution in [3.8, 4) is 0 Å². The van der Waals surface area contributed by atoms with Crippen LogP contribution >= 0.6 is 23.1 Å². The second-order valence-electron chi connectivity index (χ2n) is 32.1. The summed E-state index contributed by atoms with van der Waals surface area (Å²) in [7, 11) is -1.59. The van der Waals surface area contributed by atoms with Crippen molar-refractivity contribution >= 4 is 149 Å². The Morgan fingerprint density at radius 3 is 1.11 bits per heavy atom. The average Bonchev–Trinajstić information content (AvgIpc) is 1.60. The minimum atomic E-state index is -4.20. The highest BCUT2D eigenvalue weighted by atomic mass is 35.7. The van der Waals surface area contributed by atoms with Crippen molar-refractivity contribution < 1.29 is 87.1 Å². The van der Waals surface area contributed by atoms with Crippen molar-refractivity contribution in [2.75, 3.05) is 188 Å². The molecule has 0 saturated carbocycles. The third-order valence-corrected chi connectivity index (χ3v) is 26.1. The van der Waals surface area contributed by atoms with Gasteiger partial charge in [0.25, 0.3) is 29.1 Å². The quantitative estimate of drug-likeness (QED) is 0.0406.